The largest absolute Gasteiger partial charge is 0.494 e. The van der Waals surface area contributed by atoms with Crippen LogP contribution < -0.4 is 10.1 Å². The average molecular weight is 290 g/mol. The highest BCUT2D eigenvalue weighted by Gasteiger charge is 2.17. The lowest BCUT2D eigenvalue weighted by atomic mass is 10.1. The van der Waals surface area contributed by atoms with Crippen molar-refractivity contribution in [2.45, 2.75) is 52.1 Å². The van der Waals surface area contributed by atoms with Crippen LogP contribution in [0.5, 0.6) is 5.75 Å². The highest BCUT2D eigenvalue weighted by Crippen LogP contribution is 2.18. The minimum atomic E-state index is 0.382. The molecule has 3 heteroatoms. The summed E-state index contributed by atoms with van der Waals surface area (Å²) in [4.78, 5) is 2.61. The maximum Gasteiger partial charge on any atom is 0.119 e. The second kappa shape index (κ2) is 8.40. The predicted octanol–water partition coefficient (Wildman–Crippen LogP) is 3.61. The molecule has 1 fully saturated rings. The molecule has 0 aromatic heterocycles. The number of hydrogen-bond donors (Lipinski definition) is 1. The van der Waals surface area contributed by atoms with Gasteiger partial charge in [0.2, 0.25) is 0 Å². The van der Waals surface area contributed by atoms with Crippen molar-refractivity contribution in [3.63, 3.8) is 0 Å². The lowest BCUT2D eigenvalue weighted by Crippen LogP contribution is -2.43. The third kappa shape index (κ3) is 5.01. The zero-order valence-electron chi connectivity index (χ0n) is 13.8. The van der Waals surface area contributed by atoms with E-state index in [-0.39, 0.29) is 0 Å². The number of piperidine rings is 1. The summed E-state index contributed by atoms with van der Waals surface area (Å²) in [6, 6.07) is 9.45. The molecule has 1 aromatic rings. The van der Waals surface area contributed by atoms with Crippen LogP contribution >= 0.6 is 0 Å². The van der Waals surface area contributed by atoms with Gasteiger partial charge in [0.1, 0.15) is 5.75 Å². The van der Waals surface area contributed by atoms with Gasteiger partial charge in [0.05, 0.1) is 6.61 Å². The van der Waals surface area contributed by atoms with Crippen LogP contribution in [0.1, 0.15) is 51.6 Å². The normalized spacial score (nSPS) is 19.2. The van der Waals surface area contributed by atoms with Gasteiger partial charge in [-0.3, -0.25) is 4.90 Å². The van der Waals surface area contributed by atoms with Crippen LogP contribution in [-0.2, 0) is 0 Å². The molecular weight excluding hydrogens is 260 g/mol. The summed E-state index contributed by atoms with van der Waals surface area (Å²) in [5.74, 6) is 0.954. The van der Waals surface area contributed by atoms with Crippen LogP contribution in [0.3, 0.4) is 0 Å². The van der Waals surface area contributed by atoms with Crippen molar-refractivity contribution in [3.05, 3.63) is 29.8 Å². The maximum atomic E-state index is 5.49. The van der Waals surface area contributed by atoms with Crippen LogP contribution in [0.15, 0.2) is 24.3 Å². The van der Waals surface area contributed by atoms with Gasteiger partial charge in [-0.1, -0.05) is 18.6 Å². The predicted molar refractivity (Wildman–Crippen MR) is 88.9 cm³/mol. The summed E-state index contributed by atoms with van der Waals surface area (Å²) in [6.45, 7) is 10.9. The average Bonchev–Trinajstić information content (AvgIpc) is 2.54. The van der Waals surface area contributed by atoms with Crippen molar-refractivity contribution in [1.82, 2.24) is 10.2 Å². The van der Waals surface area contributed by atoms with Gasteiger partial charge in [0, 0.05) is 18.6 Å². The van der Waals surface area contributed by atoms with E-state index in [0.29, 0.717) is 12.1 Å². The molecule has 0 amide bonds. The molecule has 0 radical (unpaired) electrons. The number of likely N-dealkylation sites (tertiary alicyclic amines) is 1. The number of benzene rings is 1. The number of ether oxygens (including phenoxy) is 1. The highest BCUT2D eigenvalue weighted by molar-refractivity contribution is 5.28. The molecule has 21 heavy (non-hydrogen) atoms. The molecule has 0 bridgehead atoms. The molecule has 3 nitrogen and oxygen atoms in total. The fraction of sp³-hybridized carbons (Fsp3) is 0.667. The van der Waals surface area contributed by atoms with E-state index < -0.39 is 0 Å². The van der Waals surface area contributed by atoms with Gasteiger partial charge in [0.25, 0.3) is 0 Å². The van der Waals surface area contributed by atoms with Gasteiger partial charge in [0.15, 0.2) is 0 Å². The van der Waals surface area contributed by atoms with Crippen molar-refractivity contribution in [2.24, 2.45) is 0 Å². The molecule has 2 rings (SSSR count). The summed E-state index contributed by atoms with van der Waals surface area (Å²) in [5, 5.41) is 3.66. The van der Waals surface area contributed by atoms with Crippen LogP contribution in [0.25, 0.3) is 0 Å². The van der Waals surface area contributed by atoms with Gasteiger partial charge < -0.3 is 10.1 Å². The molecule has 1 heterocycles. The minimum Gasteiger partial charge on any atom is -0.494 e. The van der Waals surface area contributed by atoms with Crippen LogP contribution in [0.2, 0.25) is 0 Å². The smallest absolute Gasteiger partial charge is 0.119 e. The first-order chi connectivity index (χ1) is 10.2. The van der Waals surface area contributed by atoms with Crippen molar-refractivity contribution in [3.8, 4) is 5.75 Å². The van der Waals surface area contributed by atoms with Gasteiger partial charge in [-0.25, -0.2) is 0 Å². The fourth-order valence-corrected chi connectivity index (χ4v) is 2.97. The van der Waals surface area contributed by atoms with E-state index in [9.17, 15) is 0 Å². The SMILES string of the molecule is CCOc1ccc(C(C)NCC(C)N2CCCCC2)cc1. The molecular formula is C18H30N2O. The lowest BCUT2D eigenvalue weighted by Gasteiger charge is -2.33. The number of nitrogens with zero attached hydrogens (tertiary/aromatic N) is 1. The second-order valence-electron chi connectivity index (χ2n) is 6.08. The molecule has 118 valence electrons. The Morgan fingerprint density at radius 1 is 1.10 bits per heavy atom. The second-order valence-corrected chi connectivity index (χ2v) is 6.08. The van der Waals surface area contributed by atoms with Crippen LogP contribution in [0, 0.1) is 0 Å². The molecule has 1 aliphatic heterocycles. The molecule has 2 unspecified atom stereocenters. The molecule has 1 aliphatic rings. The Balaban J connectivity index is 1.78. The molecule has 1 N–H and O–H groups in total. The molecule has 1 aromatic carbocycles. The summed E-state index contributed by atoms with van der Waals surface area (Å²) >= 11 is 0. The van der Waals surface area contributed by atoms with Crippen LogP contribution in [-0.4, -0.2) is 37.2 Å². The number of nitrogens with one attached hydrogen (secondary N) is 1. The van der Waals surface area contributed by atoms with E-state index in [1.54, 1.807) is 0 Å². The van der Waals surface area contributed by atoms with Gasteiger partial charge in [-0.15, -0.1) is 0 Å². The van der Waals surface area contributed by atoms with Gasteiger partial charge >= 0.3 is 0 Å². The first-order valence-electron chi connectivity index (χ1n) is 8.41. The minimum absolute atomic E-state index is 0.382. The molecule has 0 saturated carbocycles. The summed E-state index contributed by atoms with van der Waals surface area (Å²) < 4.78 is 5.49. The highest BCUT2D eigenvalue weighted by atomic mass is 16.5. The molecule has 0 spiro atoms. The van der Waals surface area contributed by atoms with Crippen molar-refractivity contribution in [2.75, 3.05) is 26.2 Å². The van der Waals surface area contributed by atoms with Gasteiger partial charge in [-0.05, 0) is 64.4 Å². The summed E-state index contributed by atoms with van der Waals surface area (Å²) in [5.41, 5.74) is 1.32. The third-order valence-corrected chi connectivity index (χ3v) is 4.42. The Morgan fingerprint density at radius 2 is 1.76 bits per heavy atom. The molecule has 1 saturated heterocycles. The maximum absolute atomic E-state index is 5.49. The Bertz CT molecular complexity index is 398. The Labute approximate surface area is 129 Å². The first kappa shape index (κ1) is 16.3. The Hall–Kier alpha value is -1.06. The van der Waals surface area contributed by atoms with E-state index >= 15 is 0 Å². The molecule has 2 atom stereocenters. The number of hydrogen-bond acceptors (Lipinski definition) is 3. The zero-order chi connectivity index (χ0) is 15.1. The van der Waals surface area contributed by atoms with E-state index in [1.807, 2.05) is 6.92 Å². The van der Waals surface area contributed by atoms with Crippen molar-refractivity contribution >= 4 is 0 Å². The van der Waals surface area contributed by atoms with Crippen molar-refractivity contribution in [1.29, 1.82) is 0 Å². The monoisotopic (exact) mass is 290 g/mol. The van der Waals surface area contributed by atoms with E-state index in [4.69, 9.17) is 4.74 Å². The third-order valence-electron chi connectivity index (χ3n) is 4.42. The van der Waals surface area contributed by atoms with E-state index in [2.05, 4.69) is 48.3 Å². The van der Waals surface area contributed by atoms with E-state index in [1.165, 1.54) is 37.9 Å². The Kier molecular flexibility index (Phi) is 6.52. The van der Waals surface area contributed by atoms with E-state index in [0.717, 1.165) is 18.9 Å². The first-order valence-corrected chi connectivity index (χ1v) is 8.41. The quantitative estimate of drug-likeness (QED) is 0.830. The van der Waals surface area contributed by atoms with Crippen LogP contribution in [0.4, 0.5) is 0 Å². The van der Waals surface area contributed by atoms with Crippen molar-refractivity contribution < 1.29 is 4.74 Å². The zero-order valence-corrected chi connectivity index (χ0v) is 13.8. The Morgan fingerprint density at radius 3 is 2.38 bits per heavy atom. The molecule has 0 aliphatic carbocycles. The fourth-order valence-electron chi connectivity index (χ4n) is 2.97. The lowest BCUT2D eigenvalue weighted by molar-refractivity contribution is 0.168. The summed E-state index contributed by atoms with van der Waals surface area (Å²) in [7, 11) is 0. The topological polar surface area (TPSA) is 24.5 Å². The standard InChI is InChI=1S/C18H30N2O/c1-4-21-18-10-8-17(9-11-18)16(3)19-14-15(2)20-12-6-5-7-13-20/h8-11,15-16,19H,4-7,12-14H2,1-3H3. The van der Waals surface area contributed by atoms with Gasteiger partial charge in [-0.2, -0.15) is 0 Å². The summed E-state index contributed by atoms with van der Waals surface area (Å²) in [6.07, 6.45) is 4.12. The number of rotatable bonds is 7.